The van der Waals surface area contributed by atoms with Gasteiger partial charge in [-0.25, -0.2) is 8.42 Å². The van der Waals surface area contributed by atoms with E-state index in [0.29, 0.717) is 0 Å². The van der Waals surface area contributed by atoms with Crippen LogP contribution in [-0.2, 0) is 19.6 Å². The minimum atomic E-state index is -3.76. The molecule has 0 amide bonds. The van der Waals surface area contributed by atoms with Crippen molar-refractivity contribution in [2.24, 2.45) is 0 Å². The molecule has 0 heterocycles. The summed E-state index contributed by atoms with van der Waals surface area (Å²) in [7, 11) is -2.53. The molecule has 0 spiro atoms. The van der Waals surface area contributed by atoms with E-state index in [1.165, 1.54) is 19.2 Å². The number of aryl methyl sites for hydroxylation is 1. The monoisotopic (exact) mass is 311 g/mol. The summed E-state index contributed by atoms with van der Waals surface area (Å²) in [5, 5.41) is 0. The number of esters is 1. The summed E-state index contributed by atoms with van der Waals surface area (Å²) in [5.74, 6) is -0.608. The third kappa shape index (κ3) is 5.32. The molecule has 0 aliphatic rings. The van der Waals surface area contributed by atoms with E-state index < -0.39 is 22.0 Å². The molecule has 0 saturated carbocycles. The standard InChI is InChI=1S/C15H21NO4S/c1-11(2)5-10-14(15(17)20-4)16-21(18,19)13-8-6-12(3)7-9-13/h5-9,14,16H,10H2,1-4H3. The predicted molar refractivity (Wildman–Crippen MR) is 81.4 cm³/mol. The van der Waals surface area contributed by atoms with E-state index in [4.69, 9.17) is 0 Å². The third-order valence-electron chi connectivity index (χ3n) is 2.88. The Hall–Kier alpha value is -1.66. The molecule has 0 saturated heterocycles. The number of sulfonamides is 1. The molecule has 21 heavy (non-hydrogen) atoms. The molecular weight excluding hydrogens is 290 g/mol. The first-order chi connectivity index (χ1) is 9.76. The Bertz CT molecular complexity index is 614. The summed E-state index contributed by atoms with van der Waals surface area (Å²) >= 11 is 0. The molecule has 116 valence electrons. The van der Waals surface area contributed by atoms with Gasteiger partial charge in [-0.1, -0.05) is 29.3 Å². The summed E-state index contributed by atoms with van der Waals surface area (Å²) in [5.41, 5.74) is 1.96. The van der Waals surface area contributed by atoms with E-state index in [1.807, 2.05) is 20.8 Å². The van der Waals surface area contributed by atoms with Gasteiger partial charge in [0.2, 0.25) is 10.0 Å². The Kier molecular flexibility index (Phi) is 6.11. The van der Waals surface area contributed by atoms with E-state index in [-0.39, 0.29) is 11.3 Å². The van der Waals surface area contributed by atoms with Gasteiger partial charge < -0.3 is 4.74 Å². The zero-order valence-corrected chi connectivity index (χ0v) is 13.5. The fourth-order valence-electron chi connectivity index (χ4n) is 1.66. The van der Waals surface area contributed by atoms with E-state index >= 15 is 0 Å². The van der Waals surface area contributed by atoms with Crippen LogP contribution in [0.5, 0.6) is 0 Å². The number of methoxy groups -OCH3 is 1. The molecule has 5 nitrogen and oxygen atoms in total. The maximum Gasteiger partial charge on any atom is 0.324 e. The van der Waals surface area contributed by atoms with Crippen LogP contribution in [0.2, 0.25) is 0 Å². The molecule has 0 radical (unpaired) electrons. The topological polar surface area (TPSA) is 72.5 Å². The number of nitrogens with one attached hydrogen (secondary N) is 1. The lowest BCUT2D eigenvalue weighted by Gasteiger charge is -2.15. The summed E-state index contributed by atoms with van der Waals surface area (Å²) in [6.45, 7) is 5.63. The Morgan fingerprint density at radius 1 is 1.29 bits per heavy atom. The van der Waals surface area contributed by atoms with E-state index in [9.17, 15) is 13.2 Å². The highest BCUT2D eigenvalue weighted by molar-refractivity contribution is 7.89. The van der Waals surface area contributed by atoms with Crippen molar-refractivity contribution < 1.29 is 17.9 Å². The quantitative estimate of drug-likeness (QED) is 0.645. The van der Waals surface area contributed by atoms with Crippen LogP contribution in [0, 0.1) is 6.92 Å². The Morgan fingerprint density at radius 2 is 1.86 bits per heavy atom. The molecule has 0 aliphatic heterocycles. The van der Waals surface area contributed by atoms with E-state index in [2.05, 4.69) is 9.46 Å². The highest BCUT2D eigenvalue weighted by atomic mass is 32.2. The lowest BCUT2D eigenvalue weighted by Crippen LogP contribution is -2.41. The Morgan fingerprint density at radius 3 is 2.33 bits per heavy atom. The van der Waals surface area contributed by atoms with Crippen molar-refractivity contribution in [1.82, 2.24) is 4.72 Å². The molecule has 6 heteroatoms. The first-order valence-electron chi connectivity index (χ1n) is 6.56. The van der Waals surface area contributed by atoms with Crippen molar-refractivity contribution in [2.75, 3.05) is 7.11 Å². The normalized spacial score (nSPS) is 12.6. The highest BCUT2D eigenvalue weighted by Gasteiger charge is 2.25. The average molecular weight is 311 g/mol. The highest BCUT2D eigenvalue weighted by Crippen LogP contribution is 2.12. The van der Waals surface area contributed by atoms with E-state index in [0.717, 1.165) is 11.1 Å². The molecule has 0 aromatic heterocycles. The molecule has 1 atom stereocenters. The zero-order valence-electron chi connectivity index (χ0n) is 12.7. The third-order valence-corrected chi connectivity index (χ3v) is 4.36. The van der Waals surface area contributed by atoms with Crippen LogP contribution in [0.3, 0.4) is 0 Å². The maximum absolute atomic E-state index is 12.3. The number of ether oxygens (including phenoxy) is 1. The van der Waals surface area contributed by atoms with Gasteiger partial charge in [-0.3, -0.25) is 4.79 Å². The molecule has 0 bridgehead atoms. The minimum absolute atomic E-state index is 0.124. The number of allylic oxidation sites excluding steroid dienone is 1. The lowest BCUT2D eigenvalue weighted by atomic mass is 10.2. The summed E-state index contributed by atoms with van der Waals surface area (Å²) in [4.78, 5) is 11.8. The van der Waals surface area contributed by atoms with Gasteiger partial charge in [0.15, 0.2) is 0 Å². The van der Waals surface area contributed by atoms with Gasteiger partial charge in [-0.2, -0.15) is 4.72 Å². The number of rotatable bonds is 6. The smallest absolute Gasteiger partial charge is 0.324 e. The molecule has 1 N–H and O–H groups in total. The predicted octanol–water partition coefficient (Wildman–Crippen LogP) is 2.17. The van der Waals surface area contributed by atoms with Gasteiger partial charge in [0.25, 0.3) is 0 Å². The Balaban J connectivity index is 2.98. The maximum atomic E-state index is 12.3. The average Bonchev–Trinajstić information content (AvgIpc) is 2.42. The van der Waals surface area contributed by atoms with E-state index in [1.54, 1.807) is 18.2 Å². The van der Waals surface area contributed by atoms with Crippen molar-refractivity contribution in [3.05, 3.63) is 41.5 Å². The van der Waals surface area contributed by atoms with Crippen molar-refractivity contribution in [2.45, 2.75) is 38.1 Å². The first-order valence-corrected chi connectivity index (χ1v) is 8.05. The van der Waals surface area contributed by atoms with Gasteiger partial charge in [-0.05, 0) is 39.3 Å². The van der Waals surface area contributed by atoms with Gasteiger partial charge in [-0.15, -0.1) is 0 Å². The van der Waals surface area contributed by atoms with Crippen molar-refractivity contribution in [1.29, 1.82) is 0 Å². The summed E-state index contributed by atoms with van der Waals surface area (Å²) < 4.78 is 31.6. The second kappa shape index (κ2) is 7.38. The zero-order chi connectivity index (χ0) is 16.0. The van der Waals surface area contributed by atoms with Crippen molar-refractivity contribution in [3.8, 4) is 0 Å². The number of carbonyl (C=O) groups excluding carboxylic acids is 1. The molecule has 1 unspecified atom stereocenters. The SMILES string of the molecule is COC(=O)C(CC=C(C)C)NS(=O)(=O)c1ccc(C)cc1. The molecular formula is C15H21NO4S. The van der Waals surface area contributed by atoms with Gasteiger partial charge in [0, 0.05) is 0 Å². The number of carbonyl (C=O) groups is 1. The summed E-state index contributed by atoms with van der Waals surface area (Å²) in [6.07, 6.45) is 2.04. The second-order valence-electron chi connectivity index (χ2n) is 5.03. The first kappa shape index (κ1) is 17.4. The summed E-state index contributed by atoms with van der Waals surface area (Å²) in [6, 6.07) is 5.49. The van der Waals surface area contributed by atoms with Crippen LogP contribution in [0.1, 0.15) is 25.8 Å². The van der Waals surface area contributed by atoms with Gasteiger partial charge in [0.1, 0.15) is 6.04 Å². The van der Waals surface area contributed by atoms with Crippen LogP contribution >= 0.6 is 0 Å². The lowest BCUT2D eigenvalue weighted by molar-refractivity contribution is -0.142. The van der Waals surface area contributed by atoms with Crippen molar-refractivity contribution in [3.63, 3.8) is 0 Å². The molecule has 1 rings (SSSR count). The van der Waals surface area contributed by atoms with Crippen LogP contribution in [0.25, 0.3) is 0 Å². The molecule has 0 aliphatic carbocycles. The molecule has 0 fully saturated rings. The Labute approximate surface area is 126 Å². The largest absolute Gasteiger partial charge is 0.468 e. The van der Waals surface area contributed by atoms with Gasteiger partial charge in [0.05, 0.1) is 12.0 Å². The van der Waals surface area contributed by atoms with Gasteiger partial charge >= 0.3 is 5.97 Å². The van der Waals surface area contributed by atoms with Crippen LogP contribution in [-0.4, -0.2) is 27.5 Å². The second-order valence-corrected chi connectivity index (χ2v) is 6.74. The van der Waals surface area contributed by atoms with Crippen LogP contribution in [0.15, 0.2) is 40.8 Å². The fraction of sp³-hybridized carbons (Fsp3) is 0.400. The van der Waals surface area contributed by atoms with Crippen molar-refractivity contribution >= 4 is 16.0 Å². The fourth-order valence-corrected chi connectivity index (χ4v) is 2.86. The molecule has 1 aromatic carbocycles. The number of benzene rings is 1. The van der Waals surface area contributed by atoms with Crippen LogP contribution < -0.4 is 4.72 Å². The molecule has 1 aromatic rings. The minimum Gasteiger partial charge on any atom is -0.468 e. The number of hydrogen-bond acceptors (Lipinski definition) is 4. The van der Waals surface area contributed by atoms with Crippen LogP contribution in [0.4, 0.5) is 0 Å². The number of hydrogen-bond donors (Lipinski definition) is 1.